The van der Waals surface area contributed by atoms with E-state index >= 15 is 0 Å². The highest BCUT2D eigenvalue weighted by atomic mass is 15.3. The zero-order valence-electron chi connectivity index (χ0n) is 13.3. The van der Waals surface area contributed by atoms with Gasteiger partial charge in [-0.3, -0.25) is 0 Å². The van der Waals surface area contributed by atoms with Gasteiger partial charge >= 0.3 is 0 Å². The lowest BCUT2D eigenvalue weighted by Gasteiger charge is -2.23. The molecule has 0 N–H and O–H groups in total. The van der Waals surface area contributed by atoms with Crippen molar-refractivity contribution in [1.82, 2.24) is 29.5 Å². The van der Waals surface area contributed by atoms with Crippen molar-refractivity contribution < 1.29 is 0 Å². The molecule has 0 aliphatic carbocycles. The normalized spacial score (nSPS) is 13.4. The zero-order valence-corrected chi connectivity index (χ0v) is 13.3. The van der Waals surface area contributed by atoms with Gasteiger partial charge in [-0.1, -0.05) is 44.2 Å². The van der Waals surface area contributed by atoms with Crippen LogP contribution in [0.5, 0.6) is 0 Å². The molecule has 0 aliphatic rings. The highest BCUT2D eigenvalue weighted by molar-refractivity contribution is 5.77. The van der Waals surface area contributed by atoms with E-state index in [1.807, 2.05) is 29.1 Å². The standard InChI is InChI=1S/C17H20N6/c1-14(2)8-17(23-13-19-11-21-23)16(9-22-12-18-10-20-22)15-6-4-3-5-7-15/h3-7,9-14,17H,8H2,1-2H3. The van der Waals surface area contributed by atoms with Crippen LogP contribution in [0.15, 0.2) is 55.6 Å². The SMILES string of the molecule is CC(C)CC(C(=Cn1cncn1)c1ccccc1)n1cncn1. The monoisotopic (exact) mass is 308 g/mol. The van der Waals surface area contributed by atoms with Gasteiger partial charge < -0.3 is 0 Å². The van der Waals surface area contributed by atoms with Crippen molar-refractivity contribution in [3.05, 3.63) is 61.2 Å². The van der Waals surface area contributed by atoms with E-state index in [2.05, 4.69) is 46.1 Å². The van der Waals surface area contributed by atoms with Gasteiger partial charge in [-0.2, -0.15) is 10.2 Å². The van der Waals surface area contributed by atoms with Crippen LogP contribution in [0.4, 0.5) is 0 Å². The summed E-state index contributed by atoms with van der Waals surface area (Å²) in [5, 5.41) is 8.57. The first-order valence-corrected chi connectivity index (χ1v) is 7.69. The Morgan fingerprint density at radius 3 is 2.39 bits per heavy atom. The Labute approximate surface area is 135 Å². The molecule has 0 spiro atoms. The van der Waals surface area contributed by atoms with E-state index in [1.54, 1.807) is 23.7 Å². The molecule has 3 rings (SSSR count). The van der Waals surface area contributed by atoms with Crippen LogP contribution in [0.1, 0.15) is 31.9 Å². The molecular weight excluding hydrogens is 288 g/mol. The Balaban J connectivity index is 2.08. The van der Waals surface area contributed by atoms with Crippen LogP contribution in [-0.2, 0) is 0 Å². The summed E-state index contributed by atoms with van der Waals surface area (Å²) < 4.78 is 3.64. The number of rotatable bonds is 6. The van der Waals surface area contributed by atoms with Crippen molar-refractivity contribution in [2.45, 2.75) is 26.3 Å². The molecule has 3 aromatic rings. The Kier molecular flexibility index (Phi) is 4.61. The van der Waals surface area contributed by atoms with Gasteiger partial charge in [0.05, 0.1) is 6.04 Å². The average Bonchev–Trinajstić information content (AvgIpc) is 3.25. The largest absolute Gasteiger partial charge is 0.245 e. The van der Waals surface area contributed by atoms with Gasteiger partial charge in [-0.05, 0) is 17.9 Å². The van der Waals surface area contributed by atoms with Gasteiger partial charge in [-0.25, -0.2) is 19.3 Å². The first-order valence-electron chi connectivity index (χ1n) is 7.69. The van der Waals surface area contributed by atoms with Crippen LogP contribution in [-0.4, -0.2) is 29.5 Å². The zero-order chi connectivity index (χ0) is 16.1. The van der Waals surface area contributed by atoms with Crippen LogP contribution < -0.4 is 0 Å². The smallest absolute Gasteiger partial charge is 0.138 e. The number of aromatic nitrogens is 6. The van der Waals surface area contributed by atoms with E-state index in [-0.39, 0.29) is 6.04 Å². The predicted molar refractivity (Wildman–Crippen MR) is 89.1 cm³/mol. The van der Waals surface area contributed by atoms with Crippen molar-refractivity contribution in [3.63, 3.8) is 0 Å². The lowest BCUT2D eigenvalue weighted by Crippen LogP contribution is -2.15. The molecule has 2 aromatic heterocycles. The molecule has 0 amide bonds. The van der Waals surface area contributed by atoms with Crippen molar-refractivity contribution >= 4 is 11.8 Å². The Hall–Kier alpha value is -2.76. The molecule has 0 saturated carbocycles. The number of allylic oxidation sites excluding steroid dienone is 1. The fraction of sp³-hybridized carbons (Fsp3) is 0.294. The molecular formula is C17H20N6. The highest BCUT2D eigenvalue weighted by Gasteiger charge is 2.20. The Morgan fingerprint density at radius 1 is 1.04 bits per heavy atom. The molecule has 118 valence electrons. The van der Waals surface area contributed by atoms with E-state index in [0.29, 0.717) is 5.92 Å². The molecule has 1 atom stereocenters. The van der Waals surface area contributed by atoms with E-state index in [0.717, 1.165) is 17.6 Å². The van der Waals surface area contributed by atoms with E-state index < -0.39 is 0 Å². The van der Waals surface area contributed by atoms with Gasteiger partial charge in [0.15, 0.2) is 0 Å². The number of nitrogens with zero attached hydrogens (tertiary/aromatic N) is 6. The van der Waals surface area contributed by atoms with Crippen molar-refractivity contribution in [3.8, 4) is 0 Å². The van der Waals surface area contributed by atoms with Gasteiger partial charge in [0.25, 0.3) is 0 Å². The highest BCUT2D eigenvalue weighted by Crippen LogP contribution is 2.32. The number of hydrogen-bond acceptors (Lipinski definition) is 4. The summed E-state index contributed by atoms with van der Waals surface area (Å²) in [6, 6.07) is 10.4. The lowest BCUT2D eigenvalue weighted by atomic mass is 9.92. The van der Waals surface area contributed by atoms with Crippen LogP contribution in [0, 0.1) is 5.92 Å². The second-order valence-electron chi connectivity index (χ2n) is 5.85. The maximum atomic E-state index is 4.36. The summed E-state index contributed by atoms with van der Waals surface area (Å²) in [5.41, 5.74) is 2.28. The Morgan fingerprint density at radius 2 is 1.78 bits per heavy atom. The van der Waals surface area contributed by atoms with Gasteiger partial charge in [0.1, 0.15) is 25.3 Å². The molecule has 0 bridgehead atoms. The van der Waals surface area contributed by atoms with Crippen molar-refractivity contribution in [1.29, 1.82) is 0 Å². The predicted octanol–water partition coefficient (Wildman–Crippen LogP) is 3.16. The summed E-state index contributed by atoms with van der Waals surface area (Å²) in [4.78, 5) is 8.14. The summed E-state index contributed by atoms with van der Waals surface area (Å²) in [7, 11) is 0. The van der Waals surface area contributed by atoms with Crippen LogP contribution in [0.2, 0.25) is 0 Å². The van der Waals surface area contributed by atoms with Gasteiger partial charge in [-0.15, -0.1) is 0 Å². The van der Waals surface area contributed by atoms with Crippen molar-refractivity contribution in [2.75, 3.05) is 0 Å². The topological polar surface area (TPSA) is 61.4 Å². The number of benzene rings is 1. The second-order valence-corrected chi connectivity index (χ2v) is 5.85. The lowest BCUT2D eigenvalue weighted by molar-refractivity contribution is 0.441. The summed E-state index contributed by atoms with van der Waals surface area (Å²) in [6.07, 6.45) is 9.54. The van der Waals surface area contributed by atoms with E-state index in [4.69, 9.17) is 0 Å². The maximum absolute atomic E-state index is 4.36. The van der Waals surface area contributed by atoms with E-state index in [1.165, 1.54) is 6.33 Å². The molecule has 6 heteroatoms. The Bertz CT molecular complexity index is 729. The molecule has 1 unspecified atom stereocenters. The van der Waals surface area contributed by atoms with Crippen LogP contribution >= 0.6 is 0 Å². The molecule has 0 aliphatic heterocycles. The third kappa shape index (κ3) is 3.71. The fourth-order valence-corrected chi connectivity index (χ4v) is 2.61. The minimum absolute atomic E-state index is 0.0871. The molecule has 6 nitrogen and oxygen atoms in total. The minimum atomic E-state index is 0.0871. The average molecular weight is 308 g/mol. The molecule has 2 heterocycles. The van der Waals surface area contributed by atoms with Crippen LogP contribution in [0.25, 0.3) is 11.8 Å². The molecule has 0 radical (unpaired) electrons. The fourth-order valence-electron chi connectivity index (χ4n) is 2.61. The first-order chi connectivity index (χ1) is 11.2. The quantitative estimate of drug-likeness (QED) is 0.702. The molecule has 0 fully saturated rings. The molecule has 23 heavy (non-hydrogen) atoms. The van der Waals surface area contributed by atoms with Gasteiger partial charge in [0, 0.05) is 11.8 Å². The minimum Gasteiger partial charge on any atom is -0.245 e. The summed E-state index contributed by atoms with van der Waals surface area (Å²) in [6.45, 7) is 4.42. The van der Waals surface area contributed by atoms with Crippen molar-refractivity contribution in [2.24, 2.45) is 5.92 Å². The van der Waals surface area contributed by atoms with Crippen LogP contribution in [0.3, 0.4) is 0 Å². The van der Waals surface area contributed by atoms with E-state index in [9.17, 15) is 0 Å². The van der Waals surface area contributed by atoms with Gasteiger partial charge in [0.2, 0.25) is 0 Å². The second kappa shape index (κ2) is 7.00. The molecule has 0 saturated heterocycles. The summed E-state index contributed by atoms with van der Waals surface area (Å²) in [5.74, 6) is 0.520. The first kappa shape index (κ1) is 15.1. The maximum Gasteiger partial charge on any atom is 0.138 e. The third-order valence-corrected chi connectivity index (χ3v) is 3.62. The molecule has 1 aromatic carbocycles. The third-order valence-electron chi connectivity index (χ3n) is 3.62. The number of hydrogen-bond donors (Lipinski definition) is 0. The summed E-state index contributed by atoms with van der Waals surface area (Å²) >= 11 is 0.